The van der Waals surface area contributed by atoms with E-state index in [4.69, 9.17) is 16.3 Å². The minimum absolute atomic E-state index is 0.149. The smallest absolute Gasteiger partial charge is 0.316 e. The molecule has 0 aliphatic rings. The zero-order valence-electron chi connectivity index (χ0n) is 8.01. The van der Waals surface area contributed by atoms with Crippen LogP contribution in [0.15, 0.2) is 0 Å². The quantitative estimate of drug-likeness (QED) is 0.378. The average Bonchev–Trinajstić information content (AvgIpc) is 2.05. The van der Waals surface area contributed by atoms with Crippen LogP contribution < -0.4 is 0 Å². The van der Waals surface area contributed by atoms with E-state index in [1.807, 2.05) is 0 Å². The number of hydrogen-bond acceptors (Lipinski definition) is 3. The van der Waals surface area contributed by atoms with Crippen LogP contribution in [0.1, 0.15) is 26.7 Å². The van der Waals surface area contributed by atoms with Crippen LogP contribution in [0, 0.1) is 5.92 Å². The van der Waals surface area contributed by atoms with E-state index in [0.29, 0.717) is 25.3 Å². The Morgan fingerprint density at radius 2 is 2.08 bits per heavy atom. The standard InChI is InChI=1S/C9H15ClO3/c1-3-13-9(12)8(7(2)11)5-4-6-10/h8H,3-6H2,1-2H3/t8-/m1/s1. The molecule has 0 aliphatic carbocycles. The summed E-state index contributed by atoms with van der Waals surface area (Å²) in [6.07, 6.45) is 1.14. The number of ketones is 1. The summed E-state index contributed by atoms with van der Waals surface area (Å²) in [5, 5.41) is 0. The Morgan fingerprint density at radius 3 is 2.46 bits per heavy atom. The Bertz CT molecular complexity index is 180. The van der Waals surface area contributed by atoms with Crippen LogP contribution in [-0.4, -0.2) is 24.2 Å². The molecular weight excluding hydrogens is 192 g/mol. The van der Waals surface area contributed by atoms with Crippen molar-refractivity contribution in [3.05, 3.63) is 0 Å². The Morgan fingerprint density at radius 1 is 1.46 bits per heavy atom. The lowest BCUT2D eigenvalue weighted by Crippen LogP contribution is -2.24. The first-order valence-electron chi connectivity index (χ1n) is 4.36. The normalized spacial score (nSPS) is 12.2. The summed E-state index contributed by atoms with van der Waals surface area (Å²) in [5.41, 5.74) is 0. The molecule has 0 aromatic carbocycles. The van der Waals surface area contributed by atoms with Crippen molar-refractivity contribution in [2.75, 3.05) is 12.5 Å². The van der Waals surface area contributed by atoms with E-state index >= 15 is 0 Å². The number of halogens is 1. The van der Waals surface area contributed by atoms with E-state index in [1.54, 1.807) is 6.92 Å². The fraction of sp³-hybridized carbons (Fsp3) is 0.778. The molecule has 0 radical (unpaired) electrons. The van der Waals surface area contributed by atoms with Gasteiger partial charge in [0, 0.05) is 5.88 Å². The molecular formula is C9H15ClO3. The van der Waals surface area contributed by atoms with Crippen LogP contribution >= 0.6 is 11.6 Å². The van der Waals surface area contributed by atoms with Crippen LogP contribution in [0.3, 0.4) is 0 Å². The molecule has 0 aliphatic heterocycles. The van der Waals surface area contributed by atoms with Crippen LogP contribution in [0.4, 0.5) is 0 Å². The molecule has 0 saturated heterocycles. The molecule has 76 valence electrons. The fourth-order valence-corrected chi connectivity index (χ4v) is 1.17. The van der Waals surface area contributed by atoms with E-state index in [9.17, 15) is 9.59 Å². The third kappa shape index (κ3) is 4.88. The lowest BCUT2D eigenvalue weighted by Gasteiger charge is -2.10. The molecule has 0 rings (SSSR count). The maximum atomic E-state index is 11.2. The molecule has 0 N–H and O–H groups in total. The average molecular weight is 207 g/mol. The van der Waals surface area contributed by atoms with Gasteiger partial charge in [0.25, 0.3) is 0 Å². The molecule has 0 fully saturated rings. The van der Waals surface area contributed by atoms with Gasteiger partial charge in [0.05, 0.1) is 6.61 Å². The van der Waals surface area contributed by atoms with Crippen molar-refractivity contribution in [1.82, 2.24) is 0 Å². The molecule has 13 heavy (non-hydrogen) atoms. The molecule has 1 atom stereocenters. The SMILES string of the molecule is CCOC(=O)[C@H](CCCCl)C(C)=O. The zero-order valence-corrected chi connectivity index (χ0v) is 8.76. The summed E-state index contributed by atoms with van der Waals surface area (Å²) < 4.78 is 4.76. The van der Waals surface area contributed by atoms with Crippen LogP contribution in [0.5, 0.6) is 0 Å². The van der Waals surface area contributed by atoms with Gasteiger partial charge in [0.2, 0.25) is 0 Å². The number of Topliss-reactive ketones (excluding diaryl/α,β-unsaturated/α-hetero) is 1. The van der Waals surface area contributed by atoms with Gasteiger partial charge in [-0.1, -0.05) is 0 Å². The van der Waals surface area contributed by atoms with Crippen molar-refractivity contribution >= 4 is 23.4 Å². The highest BCUT2D eigenvalue weighted by Gasteiger charge is 2.23. The summed E-state index contributed by atoms with van der Waals surface area (Å²) in [7, 11) is 0. The summed E-state index contributed by atoms with van der Waals surface area (Å²) >= 11 is 5.47. The molecule has 0 bridgehead atoms. The molecule has 4 heteroatoms. The second-order valence-corrected chi connectivity index (χ2v) is 3.12. The van der Waals surface area contributed by atoms with Crippen LogP contribution in [-0.2, 0) is 14.3 Å². The highest BCUT2D eigenvalue weighted by molar-refractivity contribution is 6.17. The molecule has 3 nitrogen and oxygen atoms in total. The third-order valence-electron chi connectivity index (χ3n) is 1.69. The lowest BCUT2D eigenvalue weighted by molar-refractivity contribution is -0.151. The first kappa shape index (κ1) is 12.4. The Balaban J connectivity index is 4.07. The zero-order chi connectivity index (χ0) is 10.3. The number of rotatable bonds is 6. The van der Waals surface area contributed by atoms with E-state index in [1.165, 1.54) is 6.92 Å². The number of esters is 1. The van der Waals surface area contributed by atoms with E-state index in [2.05, 4.69) is 0 Å². The number of hydrogen-bond donors (Lipinski definition) is 0. The predicted molar refractivity (Wildman–Crippen MR) is 50.8 cm³/mol. The van der Waals surface area contributed by atoms with Crippen LogP contribution in [0.25, 0.3) is 0 Å². The van der Waals surface area contributed by atoms with Crippen molar-refractivity contribution in [3.8, 4) is 0 Å². The molecule has 0 saturated carbocycles. The minimum atomic E-state index is -0.626. The van der Waals surface area contributed by atoms with E-state index in [0.717, 1.165) is 0 Å². The number of carbonyl (C=O) groups excluding carboxylic acids is 2. The first-order chi connectivity index (χ1) is 6.13. The monoisotopic (exact) mass is 206 g/mol. The Kier molecular flexibility index (Phi) is 6.59. The Labute approximate surface area is 83.4 Å². The van der Waals surface area contributed by atoms with Gasteiger partial charge in [0.1, 0.15) is 11.7 Å². The van der Waals surface area contributed by atoms with Crippen molar-refractivity contribution < 1.29 is 14.3 Å². The van der Waals surface area contributed by atoms with E-state index < -0.39 is 11.9 Å². The molecule has 0 unspecified atom stereocenters. The minimum Gasteiger partial charge on any atom is -0.465 e. The van der Waals surface area contributed by atoms with Gasteiger partial charge in [-0.25, -0.2) is 0 Å². The van der Waals surface area contributed by atoms with Gasteiger partial charge in [-0.3, -0.25) is 9.59 Å². The van der Waals surface area contributed by atoms with Crippen LogP contribution in [0.2, 0.25) is 0 Å². The first-order valence-corrected chi connectivity index (χ1v) is 4.90. The van der Waals surface area contributed by atoms with E-state index in [-0.39, 0.29) is 5.78 Å². The number of alkyl halides is 1. The molecule has 0 amide bonds. The van der Waals surface area contributed by atoms with Crippen molar-refractivity contribution in [3.63, 3.8) is 0 Å². The Hall–Kier alpha value is -0.570. The van der Waals surface area contributed by atoms with Crippen molar-refractivity contribution in [1.29, 1.82) is 0 Å². The van der Waals surface area contributed by atoms with Gasteiger partial charge >= 0.3 is 5.97 Å². The van der Waals surface area contributed by atoms with Gasteiger partial charge < -0.3 is 4.74 Å². The van der Waals surface area contributed by atoms with Gasteiger partial charge in [0.15, 0.2) is 0 Å². The van der Waals surface area contributed by atoms with Crippen molar-refractivity contribution in [2.45, 2.75) is 26.7 Å². The molecule has 0 aromatic heterocycles. The topological polar surface area (TPSA) is 43.4 Å². The van der Waals surface area contributed by atoms with Gasteiger partial charge in [-0.2, -0.15) is 0 Å². The summed E-state index contributed by atoms with van der Waals surface area (Å²) in [4.78, 5) is 22.2. The highest BCUT2D eigenvalue weighted by atomic mass is 35.5. The predicted octanol–water partition coefficient (Wildman–Crippen LogP) is 1.77. The molecule has 0 aromatic rings. The van der Waals surface area contributed by atoms with Gasteiger partial charge in [-0.15, -0.1) is 11.6 Å². The maximum Gasteiger partial charge on any atom is 0.316 e. The second kappa shape index (κ2) is 6.89. The third-order valence-corrected chi connectivity index (χ3v) is 1.96. The fourth-order valence-electron chi connectivity index (χ4n) is 1.01. The lowest BCUT2D eigenvalue weighted by atomic mass is 10.00. The number of ether oxygens (including phenoxy) is 1. The number of carbonyl (C=O) groups is 2. The van der Waals surface area contributed by atoms with Crippen molar-refractivity contribution in [2.24, 2.45) is 5.92 Å². The highest BCUT2D eigenvalue weighted by Crippen LogP contribution is 2.10. The molecule has 0 heterocycles. The van der Waals surface area contributed by atoms with Gasteiger partial charge in [-0.05, 0) is 26.7 Å². The molecule has 0 spiro atoms. The maximum absolute atomic E-state index is 11.2. The summed E-state index contributed by atoms with van der Waals surface area (Å²) in [6.45, 7) is 3.43. The second-order valence-electron chi connectivity index (χ2n) is 2.75. The largest absolute Gasteiger partial charge is 0.465 e. The summed E-state index contributed by atoms with van der Waals surface area (Å²) in [6, 6.07) is 0. The summed E-state index contributed by atoms with van der Waals surface area (Å²) in [5.74, 6) is -0.745.